The third kappa shape index (κ3) is 1.89. The van der Waals surface area contributed by atoms with E-state index in [9.17, 15) is 18.0 Å². The van der Waals surface area contributed by atoms with Crippen LogP contribution in [-0.4, -0.2) is 12.4 Å². The third-order valence-corrected chi connectivity index (χ3v) is 2.52. The highest BCUT2D eigenvalue weighted by Gasteiger charge is 2.37. The first kappa shape index (κ1) is 11.0. The monoisotopic (exact) mass is 230 g/mol. The molecule has 2 nitrogen and oxygen atoms in total. The summed E-state index contributed by atoms with van der Waals surface area (Å²) < 4.78 is 43.1. The number of hydrogen-bond donors (Lipinski definition) is 0. The van der Waals surface area contributed by atoms with Gasteiger partial charge in [-0.1, -0.05) is 6.07 Å². The van der Waals surface area contributed by atoms with Gasteiger partial charge in [0.1, 0.15) is 18.1 Å². The molecule has 0 spiro atoms. The number of hydrogen-bond acceptors (Lipinski definition) is 2. The topological polar surface area (TPSA) is 26.3 Å². The molecule has 1 atom stereocenters. The maximum atomic E-state index is 12.6. The van der Waals surface area contributed by atoms with Gasteiger partial charge in [0.2, 0.25) is 0 Å². The van der Waals surface area contributed by atoms with Crippen LogP contribution in [0.1, 0.15) is 17.5 Å². The van der Waals surface area contributed by atoms with E-state index in [2.05, 4.69) is 0 Å². The molecule has 0 saturated heterocycles. The molecule has 0 radical (unpaired) electrons. The molecule has 0 aliphatic carbocycles. The average Bonchev–Trinajstić information content (AvgIpc) is 2.58. The Hall–Kier alpha value is -1.52. The van der Waals surface area contributed by atoms with Gasteiger partial charge in [0, 0.05) is 18.4 Å². The molecule has 1 aromatic carbocycles. The van der Waals surface area contributed by atoms with Crippen LogP contribution in [0.3, 0.4) is 0 Å². The van der Waals surface area contributed by atoms with E-state index in [4.69, 9.17) is 4.74 Å². The maximum absolute atomic E-state index is 12.6. The number of carbonyl (C=O) groups is 1. The fourth-order valence-corrected chi connectivity index (χ4v) is 1.84. The SMILES string of the molecule is O=CCC1Cc2c(cccc2C(F)(F)F)O1. The molecule has 1 aliphatic rings. The van der Waals surface area contributed by atoms with Crippen LogP contribution in [-0.2, 0) is 17.4 Å². The molecular weight excluding hydrogens is 221 g/mol. The van der Waals surface area contributed by atoms with Gasteiger partial charge >= 0.3 is 6.18 Å². The van der Waals surface area contributed by atoms with Crippen molar-refractivity contribution in [2.24, 2.45) is 0 Å². The van der Waals surface area contributed by atoms with Crippen molar-refractivity contribution in [2.75, 3.05) is 0 Å². The summed E-state index contributed by atoms with van der Waals surface area (Å²) in [6.45, 7) is 0. The number of fused-ring (bicyclic) bond motifs is 1. The normalized spacial score (nSPS) is 19.1. The molecule has 2 rings (SSSR count). The van der Waals surface area contributed by atoms with Crippen LogP contribution in [0.5, 0.6) is 5.75 Å². The Morgan fingerprint density at radius 3 is 2.81 bits per heavy atom. The molecule has 0 fully saturated rings. The predicted molar refractivity (Wildman–Crippen MR) is 50.2 cm³/mol. The van der Waals surface area contributed by atoms with Gasteiger partial charge in [0.25, 0.3) is 0 Å². The van der Waals surface area contributed by atoms with Crippen molar-refractivity contribution in [1.29, 1.82) is 0 Å². The molecule has 0 amide bonds. The number of alkyl halides is 3. The summed E-state index contributed by atoms with van der Waals surface area (Å²) in [5.41, 5.74) is -0.514. The Kier molecular flexibility index (Phi) is 2.61. The van der Waals surface area contributed by atoms with Crippen LogP contribution in [0.4, 0.5) is 13.2 Å². The van der Waals surface area contributed by atoms with E-state index in [1.807, 2.05) is 0 Å². The highest BCUT2D eigenvalue weighted by molar-refractivity contribution is 5.52. The summed E-state index contributed by atoms with van der Waals surface area (Å²) in [5, 5.41) is 0. The summed E-state index contributed by atoms with van der Waals surface area (Å²) in [5.74, 6) is 0.238. The number of ether oxygens (including phenoxy) is 1. The lowest BCUT2D eigenvalue weighted by Crippen LogP contribution is -2.14. The van der Waals surface area contributed by atoms with Gasteiger partial charge in [-0.3, -0.25) is 0 Å². The zero-order valence-corrected chi connectivity index (χ0v) is 8.25. The van der Waals surface area contributed by atoms with Gasteiger partial charge < -0.3 is 9.53 Å². The van der Waals surface area contributed by atoms with Crippen molar-refractivity contribution in [1.82, 2.24) is 0 Å². The van der Waals surface area contributed by atoms with Crippen molar-refractivity contribution < 1.29 is 22.7 Å². The molecule has 1 unspecified atom stereocenters. The largest absolute Gasteiger partial charge is 0.489 e. The second-order valence-electron chi connectivity index (χ2n) is 3.63. The minimum absolute atomic E-state index is 0.117. The van der Waals surface area contributed by atoms with Crippen LogP contribution >= 0.6 is 0 Å². The Morgan fingerprint density at radius 1 is 1.44 bits per heavy atom. The lowest BCUT2D eigenvalue weighted by molar-refractivity contribution is -0.138. The molecule has 5 heteroatoms. The zero-order chi connectivity index (χ0) is 11.8. The minimum Gasteiger partial charge on any atom is -0.489 e. The lowest BCUT2D eigenvalue weighted by Gasteiger charge is -2.09. The smallest absolute Gasteiger partial charge is 0.416 e. The second kappa shape index (κ2) is 3.81. The molecule has 16 heavy (non-hydrogen) atoms. The summed E-state index contributed by atoms with van der Waals surface area (Å²) in [6, 6.07) is 3.84. The van der Waals surface area contributed by atoms with E-state index in [0.717, 1.165) is 6.07 Å². The summed E-state index contributed by atoms with van der Waals surface area (Å²) >= 11 is 0. The third-order valence-electron chi connectivity index (χ3n) is 2.52. The molecule has 0 N–H and O–H groups in total. The highest BCUT2D eigenvalue weighted by Crippen LogP contribution is 2.40. The van der Waals surface area contributed by atoms with E-state index < -0.39 is 17.8 Å². The number of benzene rings is 1. The standard InChI is InChI=1S/C11H9F3O2/c12-11(13,14)9-2-1-3-10-8(9)6-7(16-10)4-5-15/h1-3,5,7H,4,6H2. The number of carbonyl (C=O) groups excluding carboxylic acids is 1. The molecule has 1 aliphatic heterocycles. The van der Waals surface area contributed by atoms with Crippen LogP contribution < -0.4 is 4.74 Å². The first-order chi connectivity index (χ1) is 7.52. The molecule has 0 saturated carbocycles. The quantitative estimate of drug-likeness (QED) is 0.730. The molecule has 0 bridgehead atoms. The van der Waals surface area contributed by atoms with E-state index in [0.29, 0.717) is 6.29 Å². The van der Waals surface area contributed by atoms with Gasteiger partial charge in [-0.05, 0) is 12.1 Å². The molecule has 1 heterocycles. The van der Waals surface area contributed by atoms with E-state index in [1.165, 1.54) is 12.1 Å². The number of halogens is 3. The van der Waals surface area contributed by atoms with Crippen molar-refractivity contribution in [3.8, 4) is 5.75 Å². The van der Waals surface area contributed by atoms with E-state index >= 15 is 0 Å². The first-order valence-corrected chi connectivity index (χ1v) is 4.81. The van der Waals surface area contributed by atoms with Crippen LogP contribution in [0.25, 0.3) is 0 Å². The maximum Gasteiger partial charge on any atom is 0.416 e. The average molecular weight is 230 g/mol. The first-order valence-electron chi connectivity index (χ1n) is 4.81. The van der Waals surface area contributed by atoms with E-state index in [1.54, 1.807) is 0 Å². The Labute approximate surface area is 90.0 Å². The van der Waals surface area contributed by atoms with Crippen LogP contribution in [0, 0.1) is 0 Å². The Morgan fingerprint density at radius 2 is 2.19 bits per heavy atom. The lowest BCUT2D eigenvalue weighted by atomic mass is 10.0. The Balaban J connectivity index is 2.35. The predicted octanol–water partition coefficient (Wildman–Crippen LogP) is 2.60. The van der Waals surface area contributed by atoms with Crippen molar-refractivity contribution in [2.45, 2.75) is 25.1 Å². The minimum atomic E-state index is -4.37. The van der Waals surface area contributed by atoms with Crippen LogP contribution in [0.2, 0.25) is 0 Å². The van der Waals surface area contributed by atoms with Gasteiger partial charge in [-0.15, -0.1) is 0 Å². The summed E-state index contributed by atoms with van der Waals surface area (Å²) in [6.07, 6.45) is -3.92. The van der Waals surface area contributed by atoms with Crippen LogP contribution in [0.15, 0.2) is 18.2 Å². The summed E-state index contributed by atoms with van der Waals surface area (Å²) in [7, 11) is 0. The molecule has 1 aromatic rings. The van der Waals surface area contributed by atoms with Gasteiger partial charge in [-0.2, -0.15) is 13.2 Å². The van der Waals surface area contributed by atoms with Gasteiger partial charge in [0.15, 0.2) is 0 Å². The van der Waals surface area contributed by atoms with E-state index in [-0.39, 0.29) is 24.2 Å². The number of rotatable bonds is 2. The Bertz CT molecular complexity index is 412. The highest BCUT2D eigenvalue weighted by atomic mass is 19.4. The fraction of sp³-hybridized carbons (Fsp3) is 0.364. The van der Waals surface area contributed by atoms with Crippen molar-refractivity contribution >= 4 is 6.29 Å². The van der Waals surface area contributed by atoms with Crippen molar-refractivity contribution in [3.63, 3.8) is 0 Å². The molecule has 0 aromatic heterocycles. The summed E-state index contributed by atoms with van der Waals surface area (Å²) in [4.78, 5) is 10.3. The molecular formula is C11H9F3O2. The fourth-order valence-electron chi connectivity index (χ4n) is 1.84. The number of aldehydes is 1. The molecule has 86 valence electrons. The van der Waals surface area contributed by atoms with Gasteiger partial charge in [-0.25, -0.2) is 0 Å². The second-order valence-corrected chi connectivity index (χ2v) is 3.63. The zero-order valence-electron chi connectivity index (χ0n) is 8.25. The van der Waals surface area contributed by atoms with Gasteiger partial charge in [0.05, 0.1) is 5.56 Å². The van der Waals surface area contributed by atoms with Crippen molar-refractivity contribution in [3.05, 3.63) is 29.3 Å².